The van der Waals surface area contributed by atoms with E-state index in [-0.39, 0.29) is 5.70 Å². The van der Waals surface area contributed by atoms with Crippen molar-refractivity contribution in [3.63, 3.8) is 0 Å². The number of nitrogens with zero attached hydrogens (tertiary/aromatic N) is 1. The third kappa shape index (κ3) is 2.79. The molecule has 4 heteroatoms. The van der Waals surface area contributed by atoms with Gasteiger partial charge in [0.15, 0.2) is 0 Å². The maximum absolute atomic E-state index is 12.8. The molecule has 0 spiro atoms. The van der Waals surface area contributed by atoms with Gasteiger partial charge in [0, 0.05) is 6.08 Å². The zero-order valence-electron chi connectivity index (χ0n) is 9.42. The Morgan fingerprint density at radius 2 is 1.67 bits per heavy atom. The molecule has 0 atom stereocenters. The molecule has 0 heterocycles. The van der Waals surface area contributed by atoms with E-state index < -0.39 is 10.7 Å². The summed E-state index contributed by atoms with van der Waals surface area (Å²) in [5, 5.41) is 11.0. The second-order valence-electron chi connectivity index (χ2n) is 3.70. The molecule has 0 fully saturated rings. The molecule has 2 aromatic rings. The fraction of sp³-hybridized carbons (Fsp3) is 0. The van der Waals surface area contributed by atoms with Crippen LogP contribution in [0.4, 0.5) is 4.39 Å². The molecule has 3 nitrogen and oxygen atoms in total. The first-order chi connectivity index (χ1) is 8.66. The summed E-state index contributed by atoms with van der Waals surface area (Å²) in [6.45, 7) is 0. The molecule has 0 N–H and O–H groups in total. The van der Waals surface area contributed by atoms with Gasteiger partial charge < -0.3 is 0 Å². The lowest BCUT2D eigenvalue weighted by Gasteiger charge is -1.99. The molecule has 0 aliphatic heterocycles. The first kappa shape index (κ1) is 12.0. The van der Waals surface area contributed by atoms with Crippen LogP contribution in [0.25, 0.3) is 11.8 Å². The predicted octanol–water partition coefficient (Wildman–Crippen LogP) is 3.60. The summed E-state index contributed by atoms with van der Waals surface area (Å²) >= 11 is 0. The van der Waals surface area contributed by atoms with Crippen LogP contribution in [0.2, 0.25) is 0 Å². The molecule has 90 valence electrons. The fourth-order valence-corrected chi connectivity index (χ4v) is 1.57. The number of halogens is 1. The molecule has 0 amide bonds. The highest BCUT2D eigenvalue weighted by molar-refractivity contribution is 5.76. The van der Waals surface area contributed by atoms with Crippen LogP contribution in [0, 0.1) is 15.9 Å². The summed E-state index contributed by atoms with van der Waals surface area (Å²) in [6, 6.07) is 14.2. The first-order valence-electron chi connectivity index (χ1n) is 5.34. The quantitative estimate of drug-likeness (QED) is 0.469. The van der Waals surface area contributed by atoms with Gasteiger partial charge in [0.1, 0.15) is 5.82 Å². The zero-order chi connectivity index (χ0) is 13.0. The van der Waals surface area contributed by atoms with Gasteiger partial charge >= 0.3 is 0 Å². The Bertz CT molecular complexity index is 577. The van der Waals surface area contributed by atoms with Gasteiger partial charge in [-0.2, -0.15) is 0 Å². The summed E-state index contributed by atoms with van der Waals surface area (Å²) < 4.78 is 12.8. The number of hydrogen-bond acceptors (Lipinski definition) is 2. The largest absolute Gasteiger partial charge is 0.277 e. The van der Waals surface area contributed by atoms with Crippen molar-refractivity contribution < 1.29 is 9.31 Å². The molecule has 0 aliphatic carbocycles. The van der Waals surface area contributed by atoms with Crippen LogP contribution in [-0.2, 0) is 0 Å². The molecule has 18 heavy (non-hydrogen) atoms. The Hall–Kier alpha value is -2.49. The minimum Gasteiger partial charge on any atom is -0.258 e. The molecular formula is C14H10FNO2. The van der Waals surface area contributed by atoms with E-state index in [2.05, 4.69) is 0 Å². The van der Waals surface area contributed by atoms with E-state index in [0.29, 0.717) is 5.56 Å². The van der Waals surface area contributed by atoms with Gasteiger partial charge in [-0.3, -0.25) is 10.1 Å². The van der Waals surface area contributed by atoms with Crippen molar-refractivity contribution in [3.05, 3.63) is 81.7 Å². The molecule has 0 radical (unpaired) electrons. The number of nitro groups is 1. The molecule has 2 aromatic carbocycles. The van der Waals surface area contributed by atoms with Gasteiger partial charge in [-0.15, -0.1) is 0 Å². The minimum atomic E-state index is -0.472. The third-order valence-electron chi connectivity index (χ3n) is 2.44. The third-order valence-corrected chi connectivity index (χ3v) is 2.44. The first-order valence-corrected chi connectivity index (χ1v) is 5.34. The fourth-order valence-electron chi connectivity index (χ4n) is 1.57. The number of rotatable bonds is 3. The van der Waals surface area contributed by atoms with Crippen LogP contribution in [-0.4, -0.2) is 4.92 Å². The summed E-state index contributed by atoms with van der Waals surface area (Å²) in [4.78, 5) is 10.6. The molecule has 0 unspecified atom stereocenters. The highest BCUT2D eigenvalue weighted by atomic mass is 19.1. The molecule has 0 bridgehead atoms. The van der Waals surface area contributed by atoms with Crippen LogP contribution in [0.5, 0.6) is 0 Å². The smallest absolute Gasteiger partial charge is 0.258 e. The van der Waals surface area contributed by atoms with Crippen LogP contribution >= 0.6 is 0 Å². The van der Waals surface area contributed by atoms with Gasteiger partial charge in [0.2, 0.25) is 0 Å². The molecule has 0 aliphatic rings. The van der Waals surface area contributed by atoms with E-state index in [1.54, 1.807) is 24.3 Å². The van der Waals surface area contributed by atoms with Gasteiger partial charge in [0.05, 0.1) is 10.5 Å². The summed E-state index contributed by atoms with van der Waals surface area (Å²) in [5.41, 5.74) is 1.06. The topological polar surface area (TPSA) is 43.1 Å². The maximum Gasteiger partial charge on any atom is 0.277 e. The Kier molecular flexibility index (Phi) is 3.48. The number of benzene rings is 2. The van der Waals surface area contributed by atoms with Crippen molar-refractivity contribution in [3.8, 4) is 0 Å². The molecule has 0 saturated heterocycles. The van der Waals surface area contributed by atoms with E-state index in [4.69, 9.17) is 0 Å². The summed E-state index contributed by atoms with van der Waals surface area (Å²) in [7, 11) is 0. The van der Waals surface area contributed by atoms with Gasteiger partial charge in [0.25, 0.3) is 5.70 Å². The molecule has 0 saturated carbocycles. The van der Waals surface area contributed by atoms with E-state index in [9.17, 15) is 14.5 Å². The zero-order valence-corrected chi connectivity index (χ0v) is 9.42. The van der Waals surface area contributed by atoms with Gasteiger partial charge in [-0.1, -0.05) is 30.3 Å². The van der Waals surface area contributed by atoms with Crippen molar-refractivity contribution in [1.82, 2.24) is 0 Å². The lowest BCUT2D eigenvalue weighted by atomic mass is 10.1. The molecule has 2 rings (SSSR count). The minimum absolute atomic E-state index is 0.0544. The maximum atomic E-state index is 12.8. The monoisotopic (exact) mass is 243 g/mol. The Morgan fingerprint density at radius 3 is 2.22 bits per heavy atom. The lowest BCUT2D eigenvalue weighted by molar-refractivity contribution is -0.374. The normalized spacial score (nSPS) is 11.3. The predicted molar refractivity (Wildman–Crippen MR) is 67.7 cm³/mol. The second-order valence-corrected chi connectivity index (χ2v) is 3.70. The van der Waals surface area contributed by atoms with Crippen LogP contribution < -0.4 is 0 Å². The summed E-state index contributed by atoms with van der Waals surface area (Å²) in [5.74, 6) is -0.416. The summed E-state index contributed by atoms with van der Waals surface area (Å²) in [6.07, 6.45) is 1.47. The SMILES string of the molecule is O=[N+]([O-])C(=Cc1ccccc1)c1ccc(F)cc1. The van der Waals surface area contributed by atoms with Crippen molar-refractivity contribution in [2.75, 3.05) is 0 Å². The number of hydrogen-bond donors (Lipinski definition) is 0. The average Bonchev–Trinajstić information content (AvgIpc) is 2.38. The standard InChI is InChI=1S/C14H10FNO2/c15-13-8-6-12(7-9-13)14(16(17)18)10-11-4-2-1-3-5-11/h1-10H. The van der Waals surface area contributed by atoms with Crippen molar-refractivity contribution in [2.45, 2.75) is 0 Å². The van der Waals surface area contributed by atoms with Crippen molar-refractivity contribution in [1.29, 1.82) is 0 Å². The molecular weight excluding hydrogens is 233 g/mol. The second kappa shape index (κ2) is 5.23. The Labute approximate surface area is 103 Å². The van der Waals surface area contributed by atoms with E-state index in [1.807, 2.05) is 6.07 Å². The van der Waals surface area contributed by atoms with Gasteiger partial charge in [-0.25, -0.2) is 4.39 Å². The lowest BCUT2D eigenvalue weighted by Crippen LogP contribution is -1.97. The highest BCUT2D eigenvalue weighted by Gasteiger charge is 2.13. The average molecular weight is 243 g/mol. The van der Waals surface area contributed by atoms with Gasteiger partial charge in [-0.05, 0) is 29.8 Å². The van der Waals surface area contributed by atoms with E-state index in [1.165, 1.54) is 30.3 Å². The Balaban J connectivity index is 2.44. The van der Waals surface area contributed by atoms with Crippen LogP contribution in [0.1, 0.15) is 11.1 Å². The van der Waals surface area contributed by atoms with Crippen LogP contribution in [0.3, 0.4) is 0 Å². The van der Waals surface area contributed by atoms with Crippen LogP contribution in [0.15, 0.2) is 54.6 Å². The molecule has 0 aromatic heterocycles. The van der Waals surface area contributed by atoms with Crippen molar-refractivity contribution in [2.24, 2.45) is 0 Å². The highest BCUT2D eigenvalue weighted by Crippen LogP contribution is 2.19. The Morgan fingerprint density at radius 1 is 1.06 bits per heavy atom. The van der Waals surface area contributed by atoms with Crippen molar-refractivity contribution >= 4 is 11.8 Å². The van der Waals surface area contributed by atoms with E-state index >= 15 is 0 Å². The van der Waals surface area contributed by atoms with E-state index in [0.717, 1.165) is 5.56 Å².